The van der Waals surface area contributed by atoms with Crippen molar-refractivity contribution in [3.63, 3.8) is 0 Å². The third-order valence-electron chi connectivity index (χ3n) is 2.86. The van der Waals surface area contributed by atoms with Crippen molar-refractivity contribution in [3.05, 3.63) is 45.7 Å². The fourth-order valence-corrected chi connectivity index (χ4v) is 2.28. The van der Waals surface area contributed by atoms with Gasteiger partial charge in [0.2, 0.25) is 0 Å². The van der Waals surface area contributed by atoms with Crippen LogP contribution in [0, 0.1) is 6.92 Å². The van der Waals surface area contributed by atoms with E-state index in [-0.39, 0.29) is 6.61 Å². The number of aliphatic hydroxyl groups is 1. The highest BCUT2D eigenvalue weighted by Crippen LogP contribution is 2.23. The number of aliphatic hydroxyl groups excluding tert-OH is 1. The van der Waals surface area contributed by atoms with Crippen molar-refractivity contribution in [2.45, 2.75) is 33.6 Å². The Kier molecular flexibility index (Phi) is 4.61. The van der Waals surface area contributed by atoms with Crippen molar-refractivity contribution in [1.82, 2.24) is 9.78 Å². The smallest absolute Gasteiger partial charge is 0.130 e. The zero-order chi connectivity index (χ0) is 13.8. The van der Waals surface area contributed by atoms with Crippen LogP contribution in [-0.4, -0.2) is 14.9 Å². The molecule has 1 N–H and O–H groups in total. The van der Waals surface area contributed by atoms with Gasteiger partial charge < -0.3 is 9.84 Å². The van der Waals surface area contributed by atoms with Crippen LogP contribution in [0.5, 0.6) is 5.75 Å². The van der Waals surface area contributed by atoms with Gasteiger partial charge >= 0.3 is 0 Å². The molecule has 0 fully saturated rings. The molecule has 4 nitrogen and oxygen atoms in total. The van der Waals surface area contributed by atoms with Crippen LogP contribution in [0.1, 0.15) is 23.9 Å². The topological polar surface area (TPSA) is 47.3 Å². The molecule has 0 atom stereocenters. The van der Waals surface area contributed by atoms with Crippen LogP contribution in [0.15, 0.2) is 28.7 Å². The van der Waals surface area contributed by atoms with Gasteiger partial charge in [0.05, 0.1) is 18.0 Å². The van der Waals surface area contributed by atoms with Gasteiger partial charge in [0.15, 0.2) is 0 Å². The molecule has 0 aliphatic heterocycles. The van der Waals surface area contributed by atoms with Crippen molar-refractivity contribution in [3.8, 4) is 5.75 Å². The van der Waals surface area contributed by atoms with E-state index in [1.165, 1.54) is 0 Å². The highest BCUT2D eigenvalue weighted by Gasteiger charge is 2.06. The minimum atomic E-state index is -0.0101. The first kappa shape index (κ1) is 14.1. The van der Waals surface area contributed by atoms with Gasteiger partial charge in [0.25, 0.3) is 0 Å². The lowest BCUT2D eigenvalue weighted by Crippen LogP contribution is -2.06. The van der Waals surface area contributed by atoms with E-state index in [0.29, 0.717) is 6.61 Å². The number of hydrogen-bond donors (Lipinski definition) is 1. The summed E-state index contributed by atoms with van der Waals surface area (Å²) in [6, 6.07) is 7.62. The Balaban J connectivity index is 2.09. The highest BCUT2D eigenvalue weighted by molar-refractivity contribution is 9.10. The standard InChI is InChI=1S/C14H17BrN2O2/c1-3-17-12(6-10(2)16-17)9-19-13-4-5-14(15)11(7-13)8-18/h4-7,18H,3,8-9H2,1-2H3. The second-order valence-corrected chi connectivity index (χ2v) is 5.15. The number of ether oxygens (including phenoxy) is 1. The molecule has 0 aliphatic rings. The Morgan fingerprint density at radius 1 is 1.37 bits per heavy atom. The number of benzene rings is 1. The highest BCUT2D eigenvalue weighted by atomic mass is 79.9. The summed E-state index contributed by atoms with van der Waals surface area (Å²) >= 11 is 3.38. The summed E-state index contributed by atoms with van der Waals surface area (Å²) < 4.78 is 8.57. The van der Waals surface area contributed by atoms with Crippen molar-refractivity contribution in [2.24, 2.45) is 0 Å². The Morgan fingerprint density at radius 2 is 2.16 bits per heavy atom. The average molecular weight is 325 g/mol. The second kappa shape index (κ2) is 6.21. The van der Waals surface area contributed by atoms with E-state index < -0.39 is 0 Å². The summed E-state index contributed by atoms with van der Waals surface area (Å²) in [5.41, 5.74) is 2.86. The minimum Gasteiger partial charge on any atom is -0.487 e. The zero-order valence-electron chi connectivity index (χ0n) is 11.1. The third-order valence-corrected chi connectivity index (χ3v) is 3.63. The van der Waals surface area contributed by atoms with E-state index >= 15 is 0 Å². The van der Waals surface area contributed by atoms with E-state index in [0.717, 1.165) is 33.7 Å². The number of aromatic nitrogens is 2. The van der Waals surface area contributed by atoms with Crippen LogP contribution in [0.4, 0.5) is 0 Å². The van der Waals surface area contributed by atoms with E-state index in [2.05, 4.69) is 28.0 Å². The molecule has 5 heteroatoms. The van der Waals surface area contributed by atoms with Crippen molar-refractivity contribution in [2.75, 3.05) is 0 Å². The quantitative estimate of drug-likeness (QED) is 0.919. The van der Waals surface area contributed by atoms with E-state index in [4.69, 9.17) is 4.74 Å². The van der Waals surface area contributed by atoms with Gasteiger partial charge in [-0.05, 0) is 43.7 Å². The lowest BCUT2D eigenvalue weighted by molar-refractivity contribution is 0.275. The van der Waals surface area contributed by atoms with Crippen molar-refractivity contribution in [1.29, 1.82) is 0 Å². The largest absolute Gasteiger partial charge is 0.487 e. The third kappa shape index (κ3) is 3.36. The van der Waals surface area contributed by atoms with E-state index in [1.807, 2.05) is 35.9 Å². The maximum Gasteiger partial charge on any atom is 0.130 e. The number of halogens is 1. The summed E-state index contributed by atoms with van der Waals surface area (Å²) in [7, 11) is 0. The van der Waals surface area contributed by atoms with E-state index in [9.17, 15) is 5.11 Å². The van der Waals surface area contributed by atoms with Crippen molar-refractivity contribution >= 4 is 15.9 Å². The maximum atomic E-state index is 9.21. The van der Waals surface area contributed by atoms with Crippen LogP contribution < -0.4 is 4.74 Å². The molecule has 0 saturated carbocycles. The molecule has 0 amide bonds. The van der Waals surface area contributed by atoms with Gasteiger partial charge in [-0.2, -0.15) is 5.10 Å². The van der Waals surface area contributed by atoms with Crippen LogP contribution in [0.25, 0.3) is 0 Å². The van der Waals surface area contributed by atoms with Gasteiger partial charge in [0.1, 0.15) is 12.4 Å². The van der Waals surface area contributed by atoms with E-state index in [1.54, 1.807) is 0 Å². The fourth-order valence-electron chi connectivity index (χ4n) is 1.91. The van der Waals surface area contributed by atoms with Crippen LogP contribution >= 0.6 is 15.9 Å². The molecule has 102 valence electrons. The van der Waals surface area contributed by atoms with Crippen molar-refractivity contribution < 1.29 is 9.84 Å². The molecule has 1 heterocycles. The van der Waals surface area contributed by atoms with Gasteiger partial charge in [0, 0.05) is 11.0 Å². The first-order chi connectivity index (χ1) is 9.13. The molecular weight excluding hydrogens is 308 g/mol. The first-order valence-electron chi connectivity index (χ1n) is 6.19. The molecule has 0 unspecified atom stereocenters. The average Bonchev–Trinajstić information content (AvgIpc) is 2.78. The zero-order valence-corrected chi connectivity index (χ0v) is 12.6. The summed E-state index contributed by atoms with van der Waals surface area (Å²) in [6.07, 6.45) is 0. The predicted molar refractivity (Wildman–Crippen MR) is 77.0 cm³/mol. The summed E-state index contributed by atoms with van der Waals surface area (Å²) in [4.78, 5) is 0. The molecule has 0 spiro atoms. The van der Waals surface area contributed by atoms with Gasteiger partial charge in [-0.1, -0.05) is 15.9 Å². The molecule has 0 bridgehead atoms. The first-order valence-corrected chi connectivity index (χ1v) is 6.98. The summed E-state index contributed by atoms with van der Waals surface area (Å²) in [6.45, 7) is 5.32. The Labute approximate surface area is 121 Å². The lowest BCUT2D eigenvalue weighted by Gasteiger charge is -2.09. The number of nitrogens with zero attached hydrogens (tertiary/aromatic N) is 2. The Hall–Kier alpha value is -1.33. The molecular formula is C14H17BrN2O2. The number of rotatable bonds is 5. The molecule has 1 aromatic heterocycles. The Bertz CT molecular complexity index is 567. The van der Waals surface area contributed by atoms with Crippen LogP contribution in [0.3, 0.4) is 0 Å². The van der Waals surface area contributed by atoms with Gasteiger partial charge in [-0.25, -0.2) is 0 Å². The Morgan fingerprint density at radius 3 is 2.84 bits per heavy atom. The molecule has 19 heavy (non-hydrogen) atoms. The molecule has 0 saturated heterocycles. The summed E-state index contributed by atoms with van der Waals surface area (Å²) in [5.74, 6) is 0.744. The molecule has 1 aromatic carbocycles. The number of aryl methyl sites for hydroxylation is 2. The summed E-state index contributed by atoms with van der Waals surface area (Å²) in [5, 5.41) is 13.6. The fraction of sp³-hybridized carbons (Fsp3) is 0.357. The van der Waals surface area contributed by atoms with Crippen LogP contribution in [0.2, 0.25) is 0 Å². The van der Waals surface area contributed by atoms with Gasteiger partial charge in [-0.3, -0.25) is 4.68 Å². The second-order valence-electron chi connectivity index (χ2n) is 4.29. The minimum absolute atomic E-state index is 0.0101. The molecule has 0 radical (unpaired) electrons. The normalized spacial score (nSPS) is 10.7. The monoisotopic (exact) mass is 324 g/mol. The van der Waals surface area contributed by atoms with Crippen LogP contribution in [-0.2, 0) is 19.8 Å². The maximum absolute atomic E-state index is 9.21. The lowest BCUT2D eigenvalue weighted by atomic mass is 10.2. The molecule has 2 aromatic rings. The SMILES string of the molecule is CCn1nc(C)cc1COc1ccc(Br)c(CO)c1. The van der Waals surface area contributed by atoms with Gasteiger partial charge in [-0.15, -0.1) is 0 Å². The molecule has 0 aliphatic carbocycles. The number of hydrogen-bond acceptors (Lipinski definition) is 3. The predicted octanol–water partition coefficient (Wildman–Crippen LogP) is 3.05. The molecule has 2 rings (SSSR count).